The van der Waals surface area contributed by atoms with E-state index >= 15 is 0 Å². The monoisotopic (exact) mass is 388 g/mol. The average molecular weight is 390 g/mol. The summed E-state index contributed by atoms with van der Waals surface area (Å²) in [5.41, 5.74) is 0.171. The number of rotatable bonds is 1. The van der Waals surface area contributed by atoms with Gasteiger partial charge >= 0.3 is 5.97 Å². The summed E-state index contributed by atoms with van der Waals surface area (Å²) < 4.78 is 1.35. The van der Waals surface area contributed by atoms with E-state index in [1.54, 1.807) is 12.1 Å². The third kappa shape index (κ3) is 2.74. The molecule has 0 radical (unpaired) electrons. The lowest BCUT2D eigenvalue weighted by Crippen LogP contribution is -2.36. The first-order chi connectivity index (χ1) is 8.90. The summed E-state index contributed by atoms with van der Waals surface area (Å²) in [6.07, 6.45) is 0. The number of anilines is 1. The average Bonchev–Trinajstić information content (AvgIpc) is 2.31. The highest BCUT2D eigenvalue weighted by Gasteiger charge is 2.32. The van der Waals surface area contributed by atoms with Gasteiger partial charge < -0.3 is 10.2 Å². The van der Waals surface area contributed by atoms with E-state index in [0.717, 1.165) is 6.92 Å². The molecule has 1 aliphatic rings. The van der Waals surface area contributed by atoms with Gasteiger partial charge in [-0.05, 0) is 44.0 Å². The fraction of sp³-hybridized carbons (Fsp3) is 0.0909. The Hall–Kier alpha value is -1.54. The zero-order valence-corrected chi connectivity index (χ0v) is 12.7. The molecule has 1 heterocycles. The molecule has 1 aromatic rings. The molecule has 0 fully saturated rings. The van der Waals surface area contributed by atoms with Crippen molar-refractivity contribution >= 4 is 60.9 Å². The number of hydrogen-bond donors (Lipinski definition) is 1. The van der Waals surface area contributed by atoms with Crippen LogP contribution >= 0.6 is 31.9 Å². The van der Waals surface area contributed by atoms with Gasteiger partial charge in [-0.3, -0.25) is 9.59 Å². The Morgan fingerprint density at radius 3 is 2.53 bits per heavy atom. The number of nitrogens with zero attached hydrogens (tertiary/aromatic N) is 1. The summed E-state index contributed by atoms with van der Waals surface area (Å²) in [5.74, 6) is -2.03. The molecule has 98 valence electrons. The van der Waals surface area contributed by atoms with Crippen LogP contribution in [0.1, 0.15) is 17.3 Å². The lowest BCUT2D eigenvalue weighted by atomic mass is 10.0. The normalized spacial score (nSPS) is 16.1. The molecule has 2 rings (SSSR count). The van der Waals surface area contributed by atoms with Crippen LogP contribution in [0.15, 0.2) is 26.2 Å². The number of ketones is 1. The molecule has 0 saturated heterocycles. The lowest BCUT2D eigenvalue weighted by Gasteiger charge is -2.17. The summed E-state index contributed by atoms with van der Waals surface area (Å²) in [7, 11) is 0. The molecule has 1 amide bonds. The Kier molecular flexibility index (Phi) is 3.81. The zero-order chi connectivity index (χ0) is 14.2. The summed E-state index contributed by atoms with van der Waals surface area (Å²) in [6, 6.07) is 3.14. The van der Waals surface area contributed by atoms with Crippen molar-refractivity contribution in [3.63, 3.8) is 0 Å². The Labute approximate surface area is 124 Å². The van der Waals surface area contributed by atoms with E-state index in [1.807, 2.05) is 0 Å². The number of oxime groups is 1. The van der Waals surface area contributed by atoms with Gasteiger partial charge in [-0.2, -0.15) is 0 Å². The largest absolute Gasteiger partial charge is 0.332 e. The van der Waals surface area contributed by atoms with E-state index < -0.39 is 23.4 Å². The quantitative estimate of drug-likeness (QED) is 0.589. The number of amides is 1. The van der Waals surface area contributed by atoms with Crippen LogP contribution in [0.2, 0.25) is 0 Å². The number of benzene rings is 1. The van der Waals surface area contributed by atoms with Gasteiger partial charge in [0.1, 0.15) is 0 Å². The Morgan fingerprint density at radius 1 is 1.26 bits per heavy atom. The number of hydrogen-bond acceptors (Lipinski definition) is 5. The second kappa shape index (κ2) is 5.22. The topological polar surface area (TPSA) is 84.8 Å². The van der Waals surface area contributed by atoms with Gasteiger partial charge in [-0.15, -0.1) is 0 Å². The summed E-state index contributed by atoms with van der Waals surface area (Å²) in [5, 5.41) is 5.77. The number of fused-ring (bicyclic) bond motifs is 1. The minimum Gasteiger partial charge on any atom is -0.320 e. The first-order valence-electron chi connectivity index (χ1n) is 5.01. The molecule has 0 atom stereocenters. The van der Waals surface area contributed by atoms with Crippen LogP contribution in [0.4, 0.5) is 5.69 Å². The number of halogens is 2. The molecule has 6 nitrogen and oxygen atoms in total. The first-order valence-corrected chi connectivity index (χ1v) is 6.59. The molecule has 0 bridgehead atoms. The van der Waals surface area contributed by atoms with Crippen LogP contribution in [0, 0.1) is 0 Å². The van der Waals surface area contributed by atoms with E-state index in [1.165, 1.54) is 0 Å². The minimum atomic E-state index is -0.715. The standard InChI is InChI=1S/C11H6Br2N2O4/c1-4(16)19-15-9-10(17)5-2-6(12)7(13)3-8(5)14-11(9)18/h2-3H,1H3,(H,14,18). The lowest BCUT2D eigenvalue weighted by molar-refractivity contribution is -0.140. The van der Waals surface area contributed by atoms with Crippen LogP contribution < -0.4 is 5.32 Å². The molecule has 0 aromatic heterocycles. The van der Waals surface area contributed by atoms with Crippen molar-refractivity contribution in [2.24, 2.45) is 5.16 Å². The Bertz CT molecular complexity index is 640. The molecule has 1 aliphatic heterocycles. The maximum atomic E-state index is 12.1. The van der Waals surface area contributed by atoms with Crippen LogP contribution in [0.5, 0.6) is 0 Å². The minimum absolute atomic E-state index is 0.264. The van der Waals surface area contributed by atoms with E-state index in [2.05, 4.69) is 47.2 Å². The van der Waals surface area contributed by atoms with E-state index in [0.29, 0.717) is 14.6 Å². The summed E-state index contributed by atoms with van der Waals surface area (Å²) >= 11 is 6.53. The number of carbonyl (C=O) groups is 3. The highest BCUT2D eigenvalue weighted by Crippen LogP contribution is 2.32. The molecule has 1 aromatic carbocycles. The van der Waals surface area contributed by atoms with Crippen molar-refractivity contribution in [1.82, 2.24) is 0 Å². The van der Waals surface area contributed by atoms with Gasteiger partial charge in [0.15, 0.2) is 0 Å². The molecular weight excluding hydrogens is 384 g/mol. The third-order valence-electron chi connectivity index (χ3n) is 2.25. The molecule has 1 N–H and O–H groups in total. The van der Waals surface area contributed by atoms with E-state index in [-0.39, 0.29) is 5.56 Å². The number of nitrogens with one attached hydrogen (secondary N) is 1. The van der Waals surface area contributed by atoms with Gasteiger partial charge in [0.05, 0.1) is 5.69 Å². The van der Waals surface area contributed by atoms with Crippen molar-refractivity contribution in [2.45, 2.75) is 6.92 Å². The number of carbonyl (C=O) groups excluding carboxylic acids is 3. The second-order valence-corrected chi connectivity index (χ2v) is 5.33. The predicted molar refractivity (Wildman–Crippen MR) is 74.0 cm³/mol. The van der Waals surface area contributed by atoms with Crippen molar-refractivity contribution in [2.75, 3.05) is 5.32 Å². The molecule has 19 heavy (non-hydrogen) atoms. The van der Waals surface area contributed by atoms with Crippen molar-refractivity contribution in [1.29, 1.82) is 0 Å². The van der Waals surface area contributed by atoms with E-state index in [4.69, 9.17) is 0 Å². The van der Waals surface area contributed by atoms with Crippen molar-refractivity contribution in [3.05, 3.63) is 26.6 Å². The number of Topliss-reactive ketones (excluding diaryl/α,β-unsaturated/α-hetero) is 1. The van der Waals surface area contributed by atoms with Crippen LogP contribution in [-0.2, 0) is 14.4 Å². The highest BCUT2D eigenvalue weighted by molar-refractivity contribution is 9.13. The van der Waals surface area contributed by atoms with Crippen LogP contribution in [0.25, 0.3) is 0 Å². The van der Waals surface area contributed by atoms with Crippen molar-refractivity contribution in [3.8, 4) is 0 Å². The molecule has 0 spiro atoms. The highest BCUT2D eigenvalue weighted by atomic mass is 79.9. The van der Waals surface area contributed by atoms with Gasteiger partial charge in [0.25, 0.3) is 5.91 Å². The maximum Gasteiger partial charge on any atom is 0.332 e. The van der Waals surface area contributed by atoms with Gasteiger partial charge in [-0.1, -0.05) is 5.16 Å². The van der Waals surface area contributed by atoms with Gasteiger partial charge in [0, 0.05) is 21.4 Å². The fourth-order valence-electron chi connectivity index (χ4n) is 1.44. The summed E-state index contributed by atoms with van der Waals surface area (Å²) in [6.45, 7) is 1.12. The zero-order valence-electron chi connectivity index (χ0n) is 9.49. The fourth-order valence-corrected chi connectivity index (χ4v) is 2.13. The molecule has 0 aliphatic carbocycles. The van der Waals surface area contributed by atoms with Gasteiger partial charge in [0.2, 0.25) is 11.5 Å². The second-order valence-electron chi connectivity index (χ2n) is 3.62. The van der Waals surface area contributed by atoms with Crippen LogP contribution in [0.3, 0.4) is 0 Å². The van der Waals surface area contributed by atoms with E-state index in [9.17, 15) is 14.4 Å². The first kappa shape index (κ1) is 13.9. The maximum absolute atomic E-state index is 12.1. The third-order valence-corrected chi connectivity index (χ3v) is 4.09. The molecule has 0 unspecified atom stereocenters. The SMILES string of the molecule is CC(=O)ON=C1C(=O)Nc2cc(Br)c(Br)cc2C1=O. The smallest absolute Gasteiger partial charge is 0.320 e. The summed E-state index contributed by atoms with van der Waals surface area (Å²) in [4.78, 5) is 38.8. The molecule has 8 heteroatoms. The molecule has 0 saturated carbocycles. The Balaban J connectivity index is 2.47. The predicted octanol–water partition coefficient (Wildman–Crippen LogP) is 2.27. The van der Waals surface area contributed by atoms with Crippen LogP contribution in [-0.4, -0.2) is 23.4 Å². The Morgan fingerprint density at radius 2 is 1.89 bits per heavy atom. The van der Waals surface area contributed by atoms with Gasteiger partial charge in [-0.25, -0.2) is 4.79 Å². The van der Waals surface area contributed by atoms with Crippen molar-refractivity contribution < 1.29 is 19.2 Å². The molecular formula is C11H6Br2N2O4.